The van der Waals surface area contributed by atoms with Gasteiger partial charge in [0.15, 0.2) is 17.2 Å². The van der Waals surface area contributed by atoms with E-state index in [1.54, 1.807) is 0 Å². The minimum Gasteiger partial charge on any atom is -0.504 e. The zero-order valence-electron chi connectivity index (χ0n) is 8.37. The Kier molecular flexibility index (Phi) is 2.70. The molecule has 0 spiro atoms. The van der Waals surface area contributed by atoms with E-state index in [0.29, 0.717) is 17.0 Å². The molecule has 0 amide bonds. The molecule has 0 saturated carbocycles. The van der Waals surface area contributed by atoms with Crippen LogP contribution in [0.1, 0.15) is 5.69 Å². The van der Waals surface area contributed by atoms with E-state index in [-0.39, 0.29) is 5.75 Å². The first kappa shape index (κ1) is 11.0. The number of hydrogen-bond donors (Lipinski definition) is 3. The Morgan fingerprint density at radius 1 is 1.35 bits per heavy atom. The SMILES string of the molecule is N#Cc1[nH][nH]c1-c1ccc(OC(F)F)c(O)c1. The molecule has 0 bridgehead atoms. The van der Waals surface area contributed by atoms with E-state index in [0.717, 1.165) is 0 Å². The van der Waals surface area contributed by atoms with Gasteiger partial charge in [0.25, 0.3) is 0 Å². The van der Waals surface area contributed by atoms with Gasteiger partial charge in [-0.25, -0.2) is 0 Å². The number of H-pyrrole nitrogens is 2. The lowest BCUT2D eigenvalue weighted by Gasteiger charge is -2.11. The Bertz CT molecular complexity index is 568. The maximum absolute atomic E-state index is 11.9. The van der Waals surface area contributed by atoms with Gasteiger partial charge in [0.1, 0.15) is 6.07 Å². The molecule has 0 aliphatic rings. The third kappa shape index (κ3) is 2.06. The average molecular weight is 239 g/mol. The number of phenolic OH excluding ortho intramolecular Hbond substituents is 1. The predicted octanol–water partition coefficient (Wildman–Crippen LogP) is 2.19. The van der Waals surface area contributed by atoms with E-state index >= 15 is 0 Å². The van der Waals surface area contributed by atoms with Gasteiger partial charge in [-0.15, -0.1) is 0 Å². The van der Waals surface area contributed by atoms with Gasteiger partial charge in [-0.3, -0.25) is 10.2 Å². The Hall–Kier alpha value is -2.49. The lowest BCUT2D eigenvalue weighted by molar-refractivity contribution is -0.0512. The first-order valence-electron chi connectivity index (χ1n) is 4.56. The summed E-state index contributed by atoms with van der Waals surface area (Å²) in [5.41, 5.74) is 1.30. The highest BCUT2D eigenvalue weighted by Gasteiger charge is 2.14. The molecule has 2 rings (SSSR count). The highest BCUT2D eigenvalue weighted by molar-refractivity contribution is 5.68. The summed E-state index contributed by atoms with van der Waals surface area (Å²) in [5.74, 6) is -0.726. The quantitative estimate of drug-likeness (QED) is 0.767. The second-order valence-electron chi connectivity index (χ2n) is 3.17. The number of alkyl halides is 2. The number of benzene rings is 1. The fourth-order valence-corrected chi connectivity index (χ4v) is 1.36. The van der Waals surface area contributed by atoms with Gasteiger partial charge in [-0.2, -0.15) is 14.0 Å². The van der Waals surface area contributed by atoms with E-state index in [9.17, 15) is 13.9 Å². The molecule has 0 aliphatic heterocycles. The van der Waals surface area contributed by atoms with Crippen LogP contribution in [0, 0.1) is 11.3 Å². The number of aromatic nitrogens is 2. The fraction of sp³-hybridized carbons (Fsp3) is 0.100. The summed E-state index contributed by atoms with van der Waals surface area (Å²) >= 11 is 0. The molecule has 0 saturated heterocycles. The van der Waals surface area contributed by atoms with Gasteiger partial charge in [-0.1, -0.05) is 0 Å². The molecule has 17 heavy (non-hydrogen) atoms. The molecule has 0 aliphatic carbocycles. The van der Waals surface area contributed by atoms with Gasteiger partial charge < -0.3 is 9.84 Å². The van der Waals surface area contributed by atoms with Crippen LogP contribution in [0.3, 0.4) is 0 Å². The van der Waals surface area contributed by atoms with E-state index in [1.165, 1.54) is 18.2 Å². The van der Waals surface area contributed by atoms with Crippen LogP contribution in [-0.4, -0.2) is 21.9 Å². The molecule has 7 heteroatoms. The number of rotatable bonds is 3. The topological polar surface area (TPSA) is 84.8 Å². The van der Waals surface area contributed by atoms with Crippen LogP contribution in [0.25, 0.3) is 11.3 Å². The second-order valence-corrected chi connectivity index (χ2v) is 3.17. The zero-order valence-corrected chi connectivity index (χ0v) is 8.37. The zero-order chi connectivity index (χ0) is 12.4. The van der Waals surface area contributed by atoms with Crippen LogP contribution in [0.15, 0.2) is 18.2 Å². The van der Waals surface area contributed by atoms with Gasteiger partial charge in [0.2, 0.25) is 0 Å². The molecule has 1 heterocycles. The Morgan fingerprint density at radius 2 is 2.12 bits per heavy atom. The molecule has 0 unspecified atom stereocenters. The number of ether oxygens (including phenoxy) is 1. The molecular weight excluding hydrogens is 232 g/mol. The monoisotopic (exact) mass is 239 g/mol. The summed E-state index contributed by atoms with van der Waals surface area (Å²) in [5, 5.41) is 23.3. The third-order valence-electron chi connectivity index (χ3n) is 2.14. The van der Waals surface area contributed by atoms with Crippen molar-refractivity contribution in [1.29, 1.82) is 5.26 Å². The van der Waals surface area contributed by atoms with Crippen molar-refractivity contribution >= 4 is 0 Å². The molecule has 3 N–H and O–H groups in total. The highest BCUT2D eigenvalue weighted by Crippen LogP contribution is 2.32. The van der Waals surface area contributed by atoms with Gasteiger partial charge in [0.05, 0.1) is 5.69 Å². The minimum absolute atomic E-state index is 0.310. The number of nitrogens with one attached hydrogen (secondary N) is 2. The van der Waals surface area contributed by atoms with Crippen LogP contribution in [-0.2, 0) is 0 Å². The summed E-state index contributed by atoms with van der Waals surface area (Å²) < 4.78 is 28.0. The third-order valence-corrected chi connectivity index (χ3v) is 2.14. The normalized spacial score (nSPS) is 10.5. The van der Waals surface area contributed by atoms with Crippen LogP contribution in [0.4, 0.5) is 8.78 Å². The van der Waals surface area contributed by atoms with Gasteiger partial charge >= 0.3 is 6.61 Å². The predicted molar refractivity (Wildman–Crippen MR) is 53.6 cm³/mol. The molecule has 2 aromatic rings. The van der Waals surface area contributed by atoms with Crippen molar-refractivity contribution in [2.45, 2.75) is 6.61 Å². The first-order valence-corrected chi connectivity index (χ1v) is 4.56. The lowest BCUT2D eigenvalue weighted by Crippen LogP contribution is -2.03. The van der Waals surface area contributed by atoms with E-state index in [2.05, 4.69) is 14.9 Å². The first-order chi connectivity index (χ1) is 8.11. The minimum atomic E-state index is -3.00. The highest BCUT2D eigenvalue weighted by atomic mass is 19.3. The fourth-order valence-electron chi connectivity index (χ4n) is 1.36. The molecule has 1 aromatic heterocycles. The summed E-state index contributed by atoms with van der Waals surface area (Å²) in [6.45, 7) is -3.00. The Labute approximate surface area is 94.2 Å². The number of nitriles is 1. The number of hydrogen-bond acceptors (Lipinski definition) is 3. The Balaban J connectivity index is 2.30. The van der Waals surface area contributed by atoms with Gasteiger partial charge in [0, 0.05) is 5.56 Å². The van der Waals surface area contributed by atoms with E-state index in [4.69, 9.17) is 5.26 Å². The smallest absolute Gasteiger partial charge is 0.387 e. The summed E-state index contributed by atoms with van der Waals surface area (Å²) in [6.07, 6.45) is 0. The van der Waals surface area contributed by atoms with Crippen LogP contribution >= 0.6 is 0 Å². The maximum atomic E-state index is 11.9. The van der Waals surface area contributed by atoms with Crippen molar-refractivity contribution in [2.24, 2.45) is 0 Å². The van der Waals surface area contributed by atoms with Crippen LogP contribution in [0.5, 0.6) is 11.5 Å². The summed E-state index contributed by atoms with van der Waals surface area (Å²) in [4.78, 5) is 0. The van der Waals surface area contributed by atoms with Crippen LogP contribution < -0.4 is 4.74 Å². The molecule has 5 nitrogen and oxygen atoms in total. The van der Waals surface area contributed by atoms with Gasteiger partial charge in [-0.05, 0) is 18.2 Å². The van der Waals surface area contributed by atoms with Crippen molar-refractivity contribution in [3.05, 3.63) is 23.9 Å². The molecule has 0 radical (unpaired) electrons. The van der Waals surface area contributed by atoms with Crippen molar-refractivity contribution in [3.63, 3.8) is 0 Å². The van der Waals surface area contributed by atoms with Crippen molar-refractivity contribution in [1.82, 2.24) is 10.2 Å². The number of aromatic hydroxyl groups is 1. The van der Waals surface area contributed by atoms with Crippen molar-refractivity contribution in [3.8, 4) is 28.8 Å². The molecule has 1 aromatic carbocycles. The van der Waals surface area contributed by atoms with Crippen LogP contribution in [0.2, 0.25) is 0 Å². The number of aromatic amines is 2. The Morgan fingerprint density at radius 3 is 2.59 bits per heavy atom. The molecule has 0 fully saturated rings. The molecular formula is C10H7F2N3O2. The van der Waals surface area contributed by atoms with Crippen molar-refractivity contribution < 1.29 is 18.6 Å². The van der Waals surface area contributed by atoms with E-state index in [1.807, 2.05) is 6.07 Å². The maximum Gasteiger partial charge on any atom is 0.387 e. The van der Waals surface area contributed by atoms with E-state index < -0.39 is 12.4 Å². The summed E-state index contributed by atoms with van der Waals surface area (Å²) in [7, 11) is 0. The average Bonchev–Trinajstić information content (AvgIpc) is 2.21. The largest absolute Gasteiger partial charge is 0.504 e. The number of phenols is 1. The van der Waals surface area contributed by atoms with Crippen molar-refractivity contribution in [2.75, 3.05) is 0 Å². The second kappa shape index (κ2) is 4.17. The lowest BCUT2D eigenvalue weighted by atomic mass is 10.1. The molecule has 88 valence electrons. The molecule has 0 atom stereocenters. The number of nitrogens with zero attached hydrogens (tertiary/aromatic N) is 1. The standard InChI is InChI=1S/C10H7F2N3O2/c11-10(12)17-8-2-1-5(3-7(8)16)9-6(4-13)14-15-9/h1-3,10,14-16H. The summed E-state index contributed by atoms with van der Waals surface area (Å²) in [6, 6.07) is 5.79. The number of halogens is 2.